The lowest BCUT2D eigenvalue weighted by atomic mass is 9.99. The zero-order chi connectivity index (χ0) is 32.1. The van der Waals surface area contributed by atoms with Crippen LogP contribution >= 0.6 is 11.8 Å². The van der Waals surface area contributed by atoms with Gasteiger partial charge in [-0.05, 0) is 41.0 Å². The van der Waals surface area contributed by atoms with Crippen molar-refractivity contribution in [2.75, 3.05) is 6.61 Å². The lowest BCUT2D eigenvalue weighted by molar-refractivity contribution is -0.240. The molecule has 7 nitrogen and oxygen atoms in total. The summed E-state index contributed by atoms with van der Waals surface area (Å²) < 4.78 is 32.7. The molecule has 1 saturated heterocycles. The van der Waals surface area contributed by atoms with Crippen LogP contribution in [0.25, 0.3) is 0 Å². The summed E-state index contributed by atoms with van der Waals surface area (Å²) in [4.78, 5) is 18.8. The number of nitrogens with zero attached hydrogens (tertiary/aromatic N) is 1. The Kier molecular flexibility index (Phi) is 11.8. The van der Waals surface area contributed by atoms with Crippen molar-refractivity contribution < 1.29 is 28.5 Å². The standard InChI is InChI=1S/C39H37NO6S/c41-38(33-23-13-14-24-40-33)46-35-34(28-42-25-29-15-5-1-6-16-29)45-39(47-32-21-11-4-12-22-32)37(44-27-31-19-9-3-10-20-31)36(35)43-26-30-17-7-2-8-18-30/h1-24,34-37,39H,25-28H2/t34-,35-,36+,37-,39+/m1/s1. The van der Waals surface area contributed by atoms with Gasteiger partial charge in [-0.15, -0.1) is 0 Å². The molecule has 1 aromatic heterocycles. The SMILES string of the molecule is O=C(O[C@H]1[C@H](OCc2ccccc2)[C@@H](OCc2ccccc2)[C@H](Sc2ccccc2)O[C@@H]1COCc1ccccc1)c1ccccn1. The van der Waals surface area contributed by atoms with Gasteiger partial charge in [0.2, 0.25) is 0 Å². The van der Waals surface area contributed by atoms with Gasteiger partial charge < -0.3 is 23.7 Å². The fraction of sp³-hybridized carbons (Fsp3) is 0.231. The van der Waals surface area contributed by atoms with Crippen molar-refractivity contribution >= 4 is 17.7 Å². The molecule has 0 bridgehead atoms. The van der Waals surface area contributed by atoms with E-state index in [9.17, 15) is 4.79 Å². The van der Waals surface area contributed by atoms with Gasteiger partial charge in [-0.1, -0.05) is 127 Å². The highest BCUT2D eigenvalue weighted by molar-refractivity contribution is 7.99. The lowest BCUT2D eigenvalue weighted by Crippen LogP contribution is -2.60. The highest BCUT2D eigenvalue weighted by atomic mass is 32.2. The molecule has 0 aliphatic carbocycles. The quantitative estimate of drug-likeness (QED) is 0.115. The van der Waals surface area contributed by atoms with Gasteiger partial charge in [-0.3, -0.25) is 0 Å². The summed E-state index contributed by atoms with van der Waals surface area (Å²) >= 11 is 1.55. The smallest absolute Gasteiger partial charge is 0.357 e. The van der Waals surface area contributed by atoms with Gasteiger partial charge in [0.1, 0.15) is 29.4 Å². The fourth-order valence-corrected chi connectivity index (χ4v) is 6.47. The average molecular weight is 648 g/mol. The molecule has 0 spiro atoms. The Labute approximate surface area is 279 Å². The number of aromatic nitrogens is 1. The second-order valence-corrected chi connectivity index (χ2v) is 12.3. The minimum atomic E-state index is -0.864. The van der Waals surface area contributed by atoms with E-state index in [1.54, 1.807) is 36.2 Å². The first-order chi connectivity index (χ1) is 23.2. The molecule has 0 unspecified atom stereocenters. The molecule has 0 saturated carbocycles. The topological polar surface area (TPSA) is 76.1 Å². The normalized spacial score (nSPS) is 20.8. The number of carbonyl (C=O) groups excluding carboxylic acids is 1. The van der Waals surface area contributed by atoms with Crippen LogP contribution in [0.3, 0.4) is 0 Å². The number of rotatable bonds is 14. The predicted octanol–water partition coefficient (Wildman–Crippen LogP) is 7.51. The van der Waals surface area contributed by atoms with Gasteiger partial charge in [0.25, 0.3) is 0 Å². The number of thioether (sulfide) groups is 1. The first-order valence-corrected chi connectivity index (χ1v) is 16.5. The third-order valence-corrected chi connectivity index (χ3v) is 8.82. The van der Waals surface area contributed by atoms with Crippen molar-refractivity contribution in [3.63, 3.8) is 0 Å². The maximum Gasteiger partial charge on any atom is 0.357 e. The molecule has 0 radical (unpaired) electrons. The summed E-state index contributed by atoms with van der Waals surface area (Å²) in [6.45, 7) is 1.15. The molecule has 5 atom stereocenters. The minimum Gasteiger partial charge on any atom is -0.452 e. The first-order valence-electron chi connectivity index (χ1n) is 15.6. The number of benzene rings is 4. The van der Waals surface area contributed by atoms with Crippen molar-refractivity contribution in [3.05, 3.63) is 168 Å². The van der Waals surface area contributed by atoms with Crippen LogP contribution in [0.1, 0.15) is 27.2 Å². The third-order valence-electron chi connectivity index (χ3n) is 7.67. The number of esters is 1. The van der Waals surface area contributed by atoms with Crippen LogP contribution in [0.5, 0.6) is 0 Å². The van der Waals surface area contributed by atoms with Gasteiger partial charge in [-0.25, -0.2) is 9.78 Å². The van der Waals surface area contributed by atoms with Crippen LogP contribution in [-0.2, 0) is 43.5 Å². The van der Waals surface area contributed by atoms with E-state index in [1.807, 2.05) is 121 Å². The van der Waals surface area contributed by atoms with Gasteiger partial charge in [0, 0.05) is 11.1 Å². The Hall–Kier alpha value is -4.31. The molecule has 47 heavy (non-hydrogen) atoms. The Morgan fingerprint density at radius 3 is 1.72 bits per heavy atom. The molecule has 1 fully saturated rings. The molecule has 1 aliphatic rings. The zero-order valence-electron chi connectivity index (χ0n) is 25.9. The van der Waals surface area contributed by atoms with Crippen molar-refractivity contribution in [2.45, 2.75) is 54.6 Å². The van der Waals surface area contributed by atoms with Crippen LogP contribution < -0.4 is 0 Å². The third kappa shape index (κ3) is 9.38. The molecule has 4 aromatic carbocycles. The highest BCUT2D eigenvalue weighted by Gasteiger charge is 2.50. The van der Waals surface area contributed by atoms with E-state index in [1.165, 1.54) is 0 Å². The summed E-state index contributed by atoms with van der Waals surface area (Å²) in [7, 11) is 0. The number of carbonyl (C=O) groups is 1. The largest absolute Gasteiger partial charge is 0.452 e. The Morgan fingerprint density at radius 2 is 1.15 bits per heavy atom. The van der Waals surface area contributed by atoms with Crippen LogP contribution in [0.2, 0.25) is 0 Å². The Balaban J connectivity index is 1.33. The summed E-state index contributed by atoms with van der Waals surface area (Å²) in [5, 5.41) is 0. The van der Waals surface area contributed by atoms with Crippen molar-refractivity contribution in [3.8, 4) is 0 Å². The number of hydrogen-bond acceptors (Lipinski definition) is 8. The van der Waals surface area contributed by atoms with E-state index >= 15 is 0 Å². The van der Waals surface area contributed by atoms with Crippen LogP contribution in [0.15, 0.2) is 151 Å². The zero-order valence-corrected chi connectivity index (χ0v) is 26.7. The maximum absolute atomic E-state index is 13.5. The first kappa shape index (κ1) is 32.6. The van der Waals surface area contributed by atoms with Crippen molar-refractivity contribution in [1.29, 1.82) is 0 Å². The van der Waals surface area contributed by atoms with Gasteiger partial charge in [0.15, 0.2) is 6.10 Å². The Morgan fingerprint density at radius 1 is 0.617 bits per heavy atom. The van der Waals surface area contributed by atoms with Gasteiger partial charge >= 0.3 is 5.97 Å². The van der Waals surface area contributed by atoms with E-state index in [0.717, 1.165) is 21.6 Å². The summed E-state index contributed by atoms with van der Waals surface area (Å²) in [5.74, 6) is -0.573. The van der Waals surface area contributed by atoms with Crippen LogP contribution in [0.4, 0.5) is 0 Å². The molecule has 5 aromatic rings. The number of ether oxygens (including phenoxy) is 5. The maximum atomic E-state index is 13.5. The molecular formula is C39H37NO6S. The molecular weight excluding hydrogens is 610 g/mol. The monoisotopic (exact) mass is 647 g/mol. The van der Waals surface area contributed by atoms with Gasteiger partial charge in [-0.2, -0.15) is 0 Å². The lowest BCUT2D eigenvalue weighted by Gasteiger charge is -2.45. The number of hydrogen-bond donors (Lipinski definition) is 0. The molecule has 240 valence electrons. The summed E-state index contributed by atoms with van der Waals surface area (Å²) in [5.41, 5.74) is 2.71. The predicted molar refractivity (Wildman–Crippen MR) is 181 cm³/mol. The molecule has 0 N–H and O–H groups in total. The van der Waals surface area contributed by atoms with E-state index in [-0.39, 0.29) is 18.9 Å². The Bertz CT molecular complexity index is 1630. The fourth-order valence-electron chi connectivity index (χ4n) is 5.32. The molecule has 2 heterocycles. The molecule has 1 aliphatic heterocycles. The molecule has 6 rings (SSSR count). The number of pyridine rings is 1. The summed E-state index contributed by atoms with van der Waals surface area (Å²) in [6.07, 6.45) is -1.28. The summed E-state index contributed by atoms with van der Waals surface area (Å²) in [6, 6.07) is 45.0. The van der Waals surface area contributed by atoms with Gasteiger partial charge in [0.05, 0.1) is 26.4 Å². The van der Waals surface area contributed by atoms with Crippen LogP contribution in [-0.4, -0.2) is 47.4 Å². The second-order valence-electron chi connectivity index (χ2n) is 11.1. The molecule has 0 amide bonds. The second kappa shape index (κ2) is 17.0. The van der Waals surface area contributed by atoms with E-state index in [4.69, 9.17) is 23.7 Å². The molecule has 8 heteroatoms. The van der Waals surface area contributed by atoms with Crippen molar-refractivity contribution in [1.82, 2.24) is 4.98 Å². The van der Waals surface area contributed by atoms with E-state index < -0.39 is 35.8 Å². The average Bonchev–Trinajstić information content (AvgIpc) is 3.13. The van der Waals surface area contributed by atoms with Crippen LogP contribution in [0, 0.1) is 0 Å². The van der Waals surface area contributed by atoms with Crippen molar-refractivity contribution in [2.24, 2.45) is 0 Å². The minimum absolute atomic E-state index is 0.164. The van der Waals surface area contributed by atoms with E-state index in [2.05, 4.69) is 4.98 Å². The van der Waals surface area contributed by atoms with E-state index in [0.29, 0.717) is 13.2 Å². The highest BCUT2D eigenvalue weighted by Crippen LogP contribution is 2.38.